The largest absolute Gasteiger partial charge is 0.478 e. The number of carbonyl (C=O) groups is 1. The van der Waals surface area contributed by atoms with Crippen LogP contribution in [0.4, 0.5) is 0 Å². The van der Waals surface area contributed by atoms with E-state index in [0.29, 0.717) is 18.8 Å². The van der Waals surface area contributed by atoms with E-state index in [1.165, 1.54) is 15.8 Å². The molecule has 6 nitrogen and oxygen atoms in total. The smallest absolute Gasteiger partial charge is 0.343 e. The molecule has 0 saturated carbocycles. The second-order valence-corrected chi connectivity index (χ2v) is 10.3. The van der Waals surface area contributed by atoms with E-state index < -0.39 is 5.97 Å². The van der Waals surface area contributed by atoms with Gasteiger partial charge in [0.1, 0.15) is 5.82 Å². The van der Waals surface area contributed by atoms with Crippen LogP contribution in [-0.2, 0) is 29.6 Å². The number of nitrogens with one attached hydrogen (secondary N) is 1. The van der Waals surface area contributed by atoms with E-state index in [4.69, 9.17) is 5.11 Å². The van der Waals surface area contributed by atoms with Crippen molar-refractivity contribution in [1.29, 1.82) is 0 Å². The summed E-state index contributed by atoms with van der Waals surface area (Å²) in [7, 11) is 0. The zero-order valence-corrected chi connectivity index (χ0v) is 21.6. The number of hydrogen-bond donors (Lipinski definition) is 2. The summed E-state index contributed by atoms with van der Waals surface area (Å²) < 4.78 is 1.50. The van der Waals surface area contributed by atoms with Crippen LogP contribution in [0.3, 0.4) is 0 Å². The van der Waals surface area contributed by atoms with Crippen LogP contribution in [0.1, 0.15) is 55.3 Å². The van der Waals surface area contributed by atoms with Gasteiger partial charge in [-0.05, 0) is 63.8 Å². The molecule has 2 N–H and O–H groups in total. The van der Waals surface area contributed by atoms with Gasteiger partial charge in [-0.1, -0.05) is 87.5 Å². The Balaban J connectivity index is 1.32. The highest BCUT2D eigenvalue weighted by atomic mass is 16.4. The number of carboxylic acid groups (broad SMARTS) is 1. The minimum Gasteiger partial charge on any atom is -0.478 e. The molecule has 0 fully saturated rings. The van der Waals surface area contributed by atoms with Crippen molar-refractivity contribution in [2.24, 2.45) is 0 Å². The molecular weight excluding hydrogens is 462 g/mol. The molecule has 0 bridgehead atoms. The van der Waals surface area contributed by atoms with Crippen molar-refractivity contribution in [2.75, 3.05) is 0 Å². The molecule has 0 saturated heterocycles. The van der Waals surface area contributed by atoms with Gasteiger partial charge in [0.25, 0.3) is 0 Å². The Morgan fingerprint density at radius 3 is 2.32 bits per heavy atom. The van der Waals surface area contributed by atoms with Crippen LogP contribution >= 0.6 is 0 Å². The van der Waals surface area contributed by atoms with Gasteiger partial charge in [-0.25, -0.2) is 14.3 Å². The molecule has 0 amide bonds. The number of aromatic amines is 1. The van der Waals surface area contributed by atoms with Gasteiger partial charge in [0.2, 0.25) is 0 Å². The third-order valence-electron chi connectivity index (χ3n) is 6.35. The van der Waals surface area contributed by atoms with Crippen LogP contribution in [0.2, 0.25) is 0 Å². The highest BCUT2D eigenvalue weighted by Gasteiger charge is 2.13. The van der Waals surface area contributed by atoms with Gasteiger partial charge in [0.05, 0.1) is 6.54 Å². The summed E-state index contributed by atoms with van der Waals surface area (Å²) in [5, 5.41) is 13.3. The van der Waals surface area contributed by atoms with Crippen LogP contribution in [0.25, 0.3) is 17.2 Å². The van der Waals surface area contributed by atoms with Gasteiger partial charge >= 0.3 is 11.7 Å². The summed E-state index contributed by atoms with van der Waals surface area (Å²) in [4.78, 5) is 26.0. The molecular formula is C31H33N3O3. The zero-order chi connectivity index (χ0) is 26.4. The Morgan fingerprint density at radius 1 is 0.946 bits per heavy atom. The Hall–Kier alpha value is -4.19. The molecule has 0 aliphatic rings. The molecule has 0 aliphatic carbocycles. The number of carboxylic acids is 1. The number of aromatic nitrogens is 3. The molecule has 4 rings (SSSR count). The predicted octanol–water partition coefficient (Wildman–Crippen LogP) is 5.86. The first-order valence-electron chi connectivity index (χ1n) is 12.5. The van der Waals surface area contributed by atoms with Crippen molar-refractivity contribution in [2.45, 2.75) is 52.0 Å². The molecule has 0 atom stereocenters. The van der Waals surface area contributed by atoms with Crippen LogP contribution in [-0.4, -0.2) is 25.8 Å². The molecule has 0 aliphatic heterocycles. The number of hydrogen-bond acceptors (Lipinski definition) is 3. The van der Waals surface area contributed by atoms with Crippen LogP contribution in [0, 0.1) is 0 Å². The van der Waals surface area contributed by atoms with Crippen LogP contribution in [0.5, 0.6) is 0 Å². The SMILES string of the molecule is CC(C)(C)c1ccc(Cn2nc(CCCc3ccc(-c4cccc(/C=C/C(=O)O)c4)cc3)[nH]c2=O)cc1. The third-order valence-corrected chi connectivity index (χ3v) is 6.35. The Morgan fingerprint density at radius 2 is 1.65 bits per heavy atom. The molecule has 1 aromatic heterocycles. The third kappa shape index (κ3) is 7.17. The number of benzene rings is 3. The molecule has 4 aromatic rings. The normalized spacial score (nSPS) is 11.8. The molecule has 0 spiro atoms. The number of nitrogens with zero attached hydrogens (tertiary/aromatic N) is 2. The molecule has 0 radical (unpaired) electrons. The summed E-state index contributed by atoms with van der Waals surface area (Å²) in [6, 6.07) is 24.5. The van der Waals surface area contributed by atoms with Crippen molar-refractivity contribution in [1.82, 2.24) is 14.8 Å². The average Bonchev–Trinajstić information content (AvgIpc) is 3.21. The fourth-order valence-corrected chi connectivity index (χ4v) is 4.22. The maximum atomic E-state index is 12.4. The lowest BCUT2D eigenvalue weighted by Gasteiger charge is -2.19. The quantitative estimate of drug-likeness (QED) is 0.285. The first kappa shape index (κ1) is 25.9. The minimum atomic E-state index is -0.962. The van der Waals surface area contributed by atoms with E-state index in [2.05, 4.69) is 79.4 Å². The Labute approximate surface area is 217 Å². The van der Waals surface area contributed by atoms with Crippen LogP contribution < -0.4 is 5.69 Å². The molecule has 3 aromatic carbocycles. The van der Waals surface area contributed by atoms with Crippen molar-refractivity contribution < 1.29 is 9.90 Å². The fourth-order valence-electron chi connectivity index (χ4n) is 4.22. The van der Waals surface area contributed by atoms with E-state index in [1.807, 2.05) is 24.3 Å². The second-order valence-electron chi connectivity index (χ2n) is 10.3. The molecule has 6 heteroatoms. The fraction of sp³-hybridized carbons (Fsp3) is 0.258. The van der Waals surface area contributed by atoms with Crippen LogP contribution in [0.15, 0.2) is 83.7 Å². The summed E-state index contributed by atoms with van der Waals surface area (Å²) in [6.07, 6.45) is 5.19. The molecule has 37 heavy (non-hydrogen) atoms. The minimum absolute atomic E-state index is 0.0984. The highest BCUT2D eigenvalue weighted by Crippen LogP contribution is 2.23. The summed E-state index contributed by atoms with van der Waals surface area (Å²) in [5.41, 5.74) is 6.41. The van der Waals surface area contributed by atoms with E-state index in [0.717, 1.165) is 41.2 Å². The van der Waals surface area contributed by atoms with Gasteiger partial charge in [-0.2, -0.15) is 5.10 Å². The monoisotopic (exact) mass is 495 g/mol. The van der Waals surface area contributed by atoms with Crippen molar-refractivity contribution in [3.8, 4) is 11.1 Å². The van der Waals surface area contributed by atoms with E-state index in [-0.39, 0.29) is 11.1 Å². The van der Waals surface area contributed by atoms with E-state index in [1.54, 1.807) is 6.08 Å². The number of rotatable bonds is 9. The lowest BCUT2D eigenvalue weighted by atomic mass is 9.87. The van der Waals surface area contributed by atoms with Gasteiger partial charge < -0.3 is 5.11 Å². The maximum Gasteiger partial charge on any atom is 0.343 e. The zero-order valence-electron chi connectivity index (χ0n) is 21.6. The van der Waals surface area contributed by atoms with E-state index in [9.17, 15) is 9.59 Å². The first-order valence-corrected chi connectivity index (χ1v) is 12.5. The predicted molar refractivity (Wildman–Crippen MR) is 148 cm³/mol. The molecule has 190 valence electrons. The maximum absolute atomic E-state index is 12.4. The Bertz CT molecular complexity index is 1440. The van der Waals surface area contributed by atoms with Crippen molar-refractivity contribution in [3.05, 3.63) is 117 Å². The van der Waals surface area contributed by atoms with Gasteiger partial charge in [-0.15, -0.1) is 0 Å². The summed E-state index contributed by atoms with van der Waals surface area (Å²) in [6.45, 7) is 7.01. The Kier molecular flexibility index (Phi) is 7.87. The van der Waals surface area contributed by atoms with Crippen molar-refractivity contribution >= 4 is 12.0 Å². The summed E-state index contributed by atoms with van der Waals surface area (Å²) in [5.74, 6) is -0.254. The van der Waals surface area contributed by atoms with Gasteiger partial charge in [-0.3, -0.25) is 4.98 Å². The molecule has 0 unspecified atom stereocenters. The topological polar surface area (TPSA) is 88.0 Å². The first-order chi connectivity index (χ1) is 17.7. The van der Waals surface area contributed by atoms with Crippen molar-refractivity contribution in [3.63, 3.8) is 0 Å². The van der Waals surface area contributed by atoms with E-state index >= 15 is 0 Å². The number of H-pyrrole nitrogens is 1. The number of aliphatic carboxylic acids is 1. The standard InChI is InChI=1S/C31H33N3O3/c1-31(2,3)27-17-12-24(13-18-27)21-34-30(37)32-28(33-34)9-5-6-22-10-15-25(16-11-22)26-8-4-7-23(20-26)14-19-29(35)36/h4,7-8,10-20H,5-6,9,21H2,1-3H3,(H,35,36)(H,32,33,37)/b19-14+. The lowest BCUT2D eigenvalue weighted by molar-refractivity contribution is -0.131. The van der Waals surface area contributed by atoms with Gasteiger partial charge in [0.15, 0.2) is 0 Å². The number of aryl methyl sites for hydroxylation is 2. The lowest BCUT2D eigenvalue weighted by Crippen LogP contribution is -2.19. The molecule has 1 heterocycles. The average molecular weight is 496 g/mol. The summed E-state index contributed by atoms with van der Waals surface area (Å²) >= 11 is 0. The van der Waals surface area contributed by atoms with Gasteiger partial charge in [0, 0.05) is 12.5 Å². The highest BCUT2D eigenvalue weighted by molar-refractivity contribution is 5.85. The second kappa shape index (κ2) is 11.2.